The molecule has 0 bridgehead atoms. The van der Waals surface area contributed by atoms with Crippen molar-refractivity contribution in [2.45, 2.75) is 13.0 Å². The van der Waals surface area contributed by atoms with Crippen LogP contribution < -0.4 is 15.0 Å². The Morgan fingerprint density at radius 1 is 1.14 bits per heavy atom. The van der Waals surface area contributed by atoms with Gasteiger partial charge in [-0.1, -0.05) is 29.8 Å². The maximum Gasteiger partial charge on any atom is 0.265 e. The van der Waals surface area contributed by atoms with E-state index < -0.39 is 6.10 Å². The Balaban J connectivity index is 1.68. The van der Waals surface area contributed by atoms with Crippen LogP contribution in [0.5, 0.6) is 5.75 Å². The van der Waals surface area contributed by atoms with Crippen molar-refractivity contribution in [3.05, 3.63) is 59.1 Å². The highest BCUT2D eigenvalue weighted by molar-refractivity contribution is 6.30. The Labute approximate surface area is 170 Å². The van der Waals surface area contributed by atoms with E-state index >= 15 is 0 Å². The lowest BCUT2D eigenvalue weighted by Crippen LogP contribution is -3.12. The number of nitrogens with one attached hydrogen (secondary N) is 2. The van der Waals surface area contributed by atoms with Crippen molar-refractivity contribution < 1.29 is 19.2 Å². The second kappa shape index (κ2) is 9.08. The van der Waals surface area contributed by atoms with E-state index in [9.17, 15) is 9.59 Å². The van der Waals surface area contributed by atoms with Gasteiger partial charge in [0.05, 0.1) is 44.5 Å². The summed E-state index contributed by atoms with van der Waals surface area (Å²) in [6, 6.07) is 14.0. The second-order valence-electron chi connectivity index (χ2n) is 7.00. The fourth-order valence-electron chi connectivity index (χ4n) is 3.07. The average molecular weight is 403 g/mol. The molecular formula is C21H25ClN3O3+. The molecule has 3 rings (SSSR count). The minimum absolute atomic E-state index is 0.0631. The molecule has 0 spiro atoms. The van der Waals surface area contributed by atoms with Gasteiger partial charge in [-0.05, 0) is 37.3 Å². The molecule has 7 heteroatoms. The maximum absolute atomic E-state index is 12.9. The first-order valence-electron chi connectivity index (χ1n) is 9.36. The monoisotopic (exact) mass is 402 g/mol. The Bertz CT molecular complexity index is 850. The second-order valence-corrected chi connectivity index (χ2v) is 7.44. The number of anilines is 1. The molecule has 2 amide bonds. The minimum atomic E-state index is -0.742. The van der Waals surface area contributed by atoms with E-state index in [4.69, 9.17) is 16.3 Å². The van der Waals surface area contributed by atoms with E-state index in [1.54, 1.807) is 55.5 Å². The van der Waals surface area contributed by atoms with Gasteiger partial charge in [0.15, 0.2) is 6.10 Å². The van der Waals surface area contributed by atoms with Crippen molar-refractivity contribution in [2.75, 3.05) is 38.5 Å². The maximum atomic E-state index is 12.9. The molecule has 1 saturated heterocycles. The highest BCUT2D eigenvalue weighted by Crippen LogP contribution is 2.20. The number of hydrogen-bond donors (Lipinski definition) is 2. The van der Waals surface area contributed by atoms with E-state index in [-0.39, 0.29) is 11.8 Å². The number of piperazine rings is 1. The third-order valence-corrected chi connectivity index (χ3v) is 5.03. The van der Waals surface area contributed by atoms with Crippen molar-refractivity contribution in [3.8, 4) is 5.75 Å². The molecule has 0 radical (unpaired) electrons. The normalized spacial score (nSPS) is 15.8. The first kappa shape index (κ1) is 20.2. The number of likely N-dealkylation sites (N-methyl/N-ethyl adjacent to an activating group) is 1. The molecule has 0 unspecified atom stereocenters. The molecule has 2 N–H and O–H groups in total. The Hall–Kier alpha value is -2.57. The predicted molar refractivity (Wildman–Crippen MR) is 109 cm³/mol. The molecule has 28 heavy (non-hydrogen) atoms. The zero-order valence-corrected chi connectivity index (χ0v) is 16.8. The summed E-state index contributed by atoms with van der Waals surface area (Å²) in [5.74, 6) is 0.120. The van der Waals surface area contributed by atoms with Crippen molar-refractivity contribution in [2.24, 2.45) is 0 Å². The molecule has 0 aromatic heterocycles. The standard InChI is InChI=1S/C21H24ClN3O3/c1-15(28-17-7-5-6-16(22)14-17)20(26)23-19-9-4-3-8-18(19)21(27)25-12-10-24(2)11-13-25/h3-9,14-15H,10-13H2,1-2H3,(H,23,26)/p+1/t15-/m0/s1. The third kappa shape index (κ3) is 5.03. The van der Waals surface area contributed by atoms with E-state index in [2.05, 4.69) is 12.4 Å². The fraction of sp³-hybridized carbons (Fsp3) is 0.333. The number of carbonyl (C=O) groups excluding carboxylic acids is 2. The summed E-state index contributed by atoms with van der Waals surface area (Å²) in [7, 11) is 2.12. The number of rotatable bonds is 5. The molecule has 6 nitrogen and oxygen atoms in total. The van der Waals surface area contributed by atoms with Gasteiger partial charge in [-0.25, -0.2) is 0 Å². The SMILES string of the molecule is C[C@H](Oc1cccc(Cl)c1)C(=O)Nc1ccccc1C(=O)N1CC[NH+](C)CC1. The van der Waals surface area contributed by atoms with Crippen LogP contribution in [0.1, 0.15) is 17.3 Å². The van der Waals surface area contributed by atoms with Crippen LogP contribution in [0, 0.1) is 0 Å². The highest BCUT2D eigenvalue weighted by Gasteiger charge is 2.25. The molecule has 1 aliphatic heterocycles. The van der Waals surface area contributed by atoms with Gasteiger partial charge < -0.3 is 19.9 Å². The number of nitrogens with zero attached hydrogens (tertiary/aromatic N) is 1. The number of ether oxygens (including phenoxy) is 1. The third-order valence-electron chi connectivity index (χ3n) is 4.80. The fourth-order valence-corrected chi connectivity index (χ4v) is 3.25. The van der Waals surface area contributed by atoms with Crippen LogP contribution in [-0.4, -0.2) is 56.0 Å². The Morgan fingerprint density at radius 3 is 2.57 bits per heavy atom. The topological polar surface area (TPSA) is 63.1 Å². The average Bonchev–Trinajstić information content (AvgIpc) is 2.68. The summed E-state index contributed by atoms with van der Waals surface area (Å²) in [6.45, 7) is 4.92. The van der Waals surface area contributed by atoms with Gasteiger partial charge >= 0.3 is 0 Å². The van der Waals surface area contributed by atoms with Crippen molar-refractivity contribution in [1.29, 1.82) is 0 Å². The quantitative estimate of drug-likeness (QED) is 0.800. The van der Waals surface area contributed by atoms with Crippen molar-refractivity contribution in [1.82, 2.24) is 4.90 Å². The summed E-state index contributed by atoms with van der Waals surface area (Å²) in [5.41, 5.74) is 0.982. The van der Waals surface area contributed by atoms with Gasteiger partial charge in [0, 0.05) is 5.02 Å². The lowest BCUT2D eigenvalue weighted by Gasteiger charge is -2.30. The molecular weight excluding hydrogens is 378 g/mol. The predicted octanol–water partition coefficient (Wildman–Crippen LogP) is 1.72. The van der Waals surface area contributed by atoms with Crippen LogP contribution in [0.4, 0.5) is 5.69 Å². The van der Waals surface area contributed by atoms with Crippen LogP contribution in [-0.2, 0) is 4.79 Å². The molecule has 148 valence electrons. The molecule has 1 atom stereocenters. The number of hydrogen-bond acceptors (Lipinski definition) is 3. The first-order valence-corrected chi connectivity index (χ1v) is 9.74. The van der Waals surface area contributed by atoms with Crippen LogP contribution in [0.15, 0.2) is 48.5 Å². The van der Waals surface area contributed by atoms with Crippen LogP contribution in [0.2, 0.25) is 5.02 Å². The molecule has 1 aliphatic rings. The number of halogens is 1. The molecule has 1 heterocycles. The van der Waals surface area contributed by atoms with Crippen LogP contribution in [0.3, 0.4) is 0 Å². The number of quaternary nitrogens is 1. The van der Waals surface area contributed by atoms with Gasteiger partial charge in [-0.2, -0.15) is 0 Å². The smallest absolute Gasteiger partial charge is 0.265 e. The molecule has 2 aromatic carbocycles. The van der Waals surface area contributed by atoms with E-state index in [0.717, 1.165) is 13.1 Å². The van der Waals surface area contributed by atoms with Gasteiger partial charge in [0.25, 0.3) is 11.8 Å². The number of benzene rings is 2. The summed E-state index contributed by atoms with van der Waals surface area (Å²) < 4.78 is 5.66. The van der Waals surface area contributed by atoms with Crippen LogP contribution >= 0.6 is 11.6 Å². The Morgan fingerprint density at radius 2 is 1.86 bits per heavy atom. The molecule has 0 aliphatic carbocycles. The van der Waals surface area contributed by atoms with E-state index in [1.165, 1.54) is 4.90 Å². The number of para-hydroxylation sites is 1. The van der Waals surface area contributed by atoms with Crippen molar-refractivity contribution in [3.63, 3.8) is 0 Å². The number of carbonyl (C=O) groups is 2. The van der Waals surface area contributed by atoms with Crippen LogP contribution in [0.25, 0.3) is 0 Å². The summed E-state index contributed by atoms with van der Waals surface area (Å²) >= 11 is 5.95. The van der Waals surface area contributed by atoms with E-state index in [0.29, 0.717) is 35.1 Å². The zero-order chi connectivity index (χ0) is 20.1. The molecule has 1 fully saturated rings. The van der Waals surface area contributed by atoms with Gasteiger partial charge in [0.1, 0.15) is 5.75 Å². The zero-order valence-electron chi connectivity index (χ0n) is 16.1. The summed E-state index contributed by atoms with van der Waals surface area (Å²) in [6.07, 6.45) is -0.742. The van der Waals surface area contributed by atoms with E-state index in [1.807, 2.05) is 4.90 Å². The summed E-state index contributed by atoms with van der Waals surface area (Å²) in [5, 5.41) is 3.36. The molecule has 2 aromatic rings. The lowest BCUT2D eigenvalue weighted by atomic mass is 10.1. The summed E-state index contributed by atoms with van der Waals surface area (Å²) in [4.78, 5) is 28.8. The minimum Gasteiger partial charge on any atom is -0.481 e. The highest BCUT2D eigenvalue weighted by atomic mass is 35.5. The van der Waals surface area contributed by atoms with Crippen molar-refractivity contribution >= 4 is 29.1 Å². The van der Waals surface area contributed by atoms with Gasteiger partial charge in [-0.15, -0.1) is 0 Å². The lowest BCUT2D eigenvalue weighted by molar-refractivity contribution is -0.883. The van der Waals surface area contributed by atoms with Gasteiger partial charge in [-0.3, -0.25) is 9.59 Å². The number of amides is 2. The van der Waals surface area contributed by atoms with Gasteiger partial charge in [0.2, 0.25) is 0 Å². The largest absolute Gasteiger partial charge is 0.481 e. The first-order chi connectivity index (χ1) is 13.4. The molecule has 0 saturated carbocycles. The Kier molecular flexibility index (Phi) is 6.54.